The van der Waals surface area contributed by atoms with Gasteiger partial charge in [0.25, 0.3) is 0 Å². The minimum absolute atomic E-state index is 0. The molecule has 0 saturated carbocycles. The minimum atomic E-state index is -0.908. The summed E-state index contributed by atoms with van der Waals surface area (Å²) in [6.45, 7) is 3.89. The fourth-order valence-electron chi connectivity index (χ4n) is 0.610. The van der Waals surface area contributed by atoms with E-state index in [4.69, 9.17) is 10.8 Å². The van der Waals surface area contributed by atoms with Crippen molar-refractivity contribution in [3.05, 3.63) is 0 Å². The van der Waals surface area contributed by atoms with Crippen molar-refractivity contribution in [1.29, 1.82) is 0 Å². The van der Waals surface area contributed by atoms with Crippen molar-refractivity contribution >= 4 is 24.8 Å². The number of hydrogen-bond acceptors (Lipinski definition) is 2. The van der Waals surface area contributed by atoms with Crippen LogP contribution in [-0.4, -0.2) is 10.8 Å². The largest absolute Gasteiger partial charge is 0.376 e. The van der Waals surface area contributed by atoms with Crippen LogP contribution in [0.3, 0.4) is 0 Å². The molecule has 0 aliphatic carbocycles. The zero-order valence-electron chi connectivity index (χ0n) is 6.46. The van der Waals surface area contributed by atoms with Gasteiger partial charge in [0.05, 0.1) is 0 Å². The highest BCUT2D eigenvalue weighted by atomic mass is 35.5. The van der Waals surface area contributed by atoms with Gasteiger partial charge in [-0.15, -0.1) is 24.8 Å². The smallest absolute Gasteiger partial charge is 0.113 e. The van der Waals surface area contributed by atoms with Gasteiger partial charge in [0, 0.05) is 0 Å². The third kappa shape index (κ3) is 8.50. The SMILES string of the molecule is CCCC(N)(O)CC.Cl.Cl. The Kier molecular flexibility index (Phi) is 12.8. The molecule has 2 nitrogen and oxygen atoms in total. The lowest BCUT2D eigenvalue weighted by Crippen LogP contribution is -2.38. The summed E-state index contributed by atoms with van der Waals surface area (Å²) in [7, 11) is 0. The first kappa shape index (κ1) is 16.8. The first-order valence-corrected chi connectivity index (χ1v) is 3.13. The standard InChI is InChI=1S/C6H15NO.2ClH/c1-3-5-6(7,8)4-2;;/h8H,3-5,7H2,1-2H3;2*1H. The molecular weight excluding hydrogens is 173 g/mol. The van der Waals surface area contributed by atoms with Crippen LogP contribution >= 0.6 is 24.8 Å². The molecule has 0 fully saturated rings. The first-order chi connectivity index (χ1) is 3.62. The third-order valence-electron chi connectivity index (χ3n) is 1.30. The van der Waals surface area contributed by atoms with Gasteiger partial charge < -0.3 is 10.8 Å². The second-order valence-electron chi connectivity index (χ2n) is 2.21. The van der Waals surface area contributed by atoms with Gasteiger partial charge in [-0.1, -0.05) is 20.3 Å². The predicted molar refractivity (Wildman–Crippen MR) is 48.8 cm³/mol. The van der Waals surface area contributed by atoms with E-state index in [1.807, 2.05) is 13.8 Å². The summed E-state index contributed by atoms with van der Waals surface area (Å²) in [5.41, 5.74) is 4.47. The first-order valence-electron chi connectivity index (χ1n) is 3.13. The second-order valence-corrected chi connectivity index (χ2v) is 2.21. The minimum Gasteiger partial charge on any atom is -0.376 e. The topological polar surface area (TPSA) is 46.2 Å². The van der Waals surface area contributed by atoms with Gasteiger partial charge >= 0.3 is 0 Å². The Hall–Kier alpha value is 0.500. The normalized spacial score (nSPS) is 14.4. The molecule has 0 rings (SSSR count). The van der Waals surface area contributed by atoms with Crippen molar-refractivity contribution in [2.24, 2.45) is 5.73 Å². The summed E-state index contributed by atoms with van der Waals surface area (Å²) in [6.07, 6.45) is 2.28. The van der Waals surface area contributed by atoms with Crippen LogP contribution in [-0.2, 0) is 0 Å². The highest BCUT2D eigenvalue weighted by Crippen LogP contribution is 2.08. The van der Waals surface area contributed by atoms with Gasteiger partial charge in [0.15, 0.2) is 0 Å². The summed E-state index contributed by atoms with van der Waals surface area (Å²) in [4.78, 5) is 0. The van der Waals surface area contributed by atoms with E-state index in [9.17, 15) is 0 Å². The summed E-state index contributed by atoms with van der Waals surface area (Å²) < 4.78 is 0. The molecule has 0 aromatic carbocycles. The van der Waals surface area contributed by atoms with Crippen LogP contribution in [0.4, 0.5) is 0 Å². The van der Waals surface area contributed by atoms with Crippen molar-refractivity contribution in [3.8, 4) is 0 Å². The summed E-state index contributed by atoms with van der Waals surface area (Å²) in [6, 6.07) is 0. The van der Waals surface area contributed by atoms with Crippen molar-refractivity contribution < 1.29 is 5.11 Å². The van der Waals surface area contributed by atoms with Crippen molar-refractivity contribution in [1.82, 2.24) is 0 Å². The van der Waals surface area contributed by atoms with E-state index in [0.29, 0.717) is 12.8 Å². The van der Waals surface area contributed by atoms with E-state index in [1.165, 1.54) is 0 Å². The molecule has 0 aliphatic heterocycles. The van der Waals surface area contributed by atoms with Gasteiger partial charge in [0.1, 0.15) is 5.72 Å². The number of aliphatic hydroxyl groups is 1. The Balaban J connectivity index is -0.000000245. The van der Waals surface area contributed by atoms with Crippen LogP contribution in [0.5, 0.6) is 0 Å². The maximum Gasteiger partial charge on any atom is 0.113 e. The Labute approximate surface area is 75.0 Å². The fourth-order valence-corrected chi connectivity index (χ4v) is 0.610. The molecule has 0 aliphatic rings. The molecule has 0 bridgehead atoms. The van der Waals surface area contributed by atoms with E-state index < -0.39 is 5.72 Å². The van der Waals surface area contributed by atoms with Gasteiger partial charge in [-0.3, -0.25) is 0 Å². The molecule has 1 atom stereocenters. The molecular formula is C6H17Cl2NO. The molecule has 0 radical (unpaired) electrons. The lowest BCUT2D eigenvalue weighted by molar-refractivity contribution is 0.0334. The lowest BCUT2D eigenvalue weighted by atomic mass is 10.1. The second kappa shape index (κ2) is 7.61. The average molecular weight is 190 g/mol. The van der Waals surface area contributed by atoms with Crippen LogP contribution in [0.25, 0.3) is 0 Å². The number of nitrogens with two attached hydrogens (primary N) is 1. The van der Waals surface area contributed by atoms with E-state index in [0.717, 1.165) is 6.42 Å². The van der Waals surface area contributed by atoms with Crippen LogP contribution in [0.2, 0.25) is 0 Å². The highest BCUT2D eigenvalue weighted by Gasteiger charge is 2.14. The van der Waals surface area contributed by atoms with E-state index in [1.54, 1.807) is 0 Å². The molecule has 1 unspecified atom stereocenters. The van der Waals surface area contributed by atoms with E-state index in [2.05, 4.69) is 0 Å². The molecule has 0 aromatic rings. The van der Waals surface area contributed by atoms with Gasteiger partial charge in [0.2, 0.25) is 0 Å². The summed E-state index contributed by atoms with van der Waals surface area (Å²) in [5, 5.41) is 9.10. The maximum absolute atomic E-state index is 9.10. The fraction of sp³-hybridized carbons (Fsp3) is 1.00. The third-order valence-corrected chi connectivity index (χ3v) is 1.30. The van der Waals surface area contributed by atoms with Crippen molar-refractivity contribution in [2.45, 2.75) is 38.8 Å². The summed E-state index contributed by atoms with van der Waals surface area (Å²) in [5.74, 6) is 0. The quantitative estimate of drug-likeness (QED) is 0.665. The lowest BCUT2D eigenvalue weighted by Gasteiger charge is -2.19. The predicted octanol–water partition coefficient (Wildman–Crippen LogP) is 1.69. The van der Waals surface area contributed by atoms with Crippen molar-refractivity contribution in [2.75, 3.05) is 0 Å². The number of hydrogen-bond donors (Lipinski definition) is 2. The average Bonchev–Trinajstić information content (AvgIpc) is 1.67. The van der Waals surface area contributed by atoms with Crippen LogP contribution in [0, 0.1) is 0 Å². The Morgan fingerprint density at radius 1 is 1.30 bits per heavy atom. The Morgan fingerprint density at radius 2 is 1.70 bits per heavy atom. The molecule has 0 aromatic heterocycles. The molecule has 66 valence electrons. The molecule has 4 heteroatoms. The molecule has 0 amide bonds. The number of rotatable bonds is 3. The molecule has 0 spiro atoms. The van der Waals surface area contributed by atoms with Crippen LogP contribution in [0.1, 0.15) is 33.1 Å². The van der Waals surface area contributed by atoms with Gasteiger partial charge in [-0.2, -0.15) is 0 Å². The van der Waals surface area contributed by atoms with Gasteiger partial charge in [-0.05, 0) is 12.8 Å². The molecule has 0 heterocycles. The molecule has 3 N–H and O–H groups in total. The zero-order chi connectivity index (χ0) is 6.62. The van der Waals surface area contributed by atoms with Crippen LogP contribution < -0.4 is 5.73 Å². The number of halogens is 2. The van der Waals surface area contributed by atoms with E-state index in [-0.39, 0.29) is 24.8 Å². The molecule has 0 saturated heterocycles. The Morgan fingerprint density at radius 3 is 1.80 bits per heavy atom. The zero-order valence-corrected chi connectivity index (χ0v) is 8.10. The van der Waals surface area contributed by atoms with Gasteiger partial charge in [-0.25, -0.2) is 0 Å². The Bertz CT molecular complexity index is 68.8. The van der Waals surface area contributed by atoms with E-state index >= 15 is 0 Å². The van der Waals surface area contributed by atoms with Crippen LogP contribution in [0.15, 0.2) is 0 Å². The maximum atomic E-state index is 9.10. The monoisotopic (exact) mass is 189 g/mol. The summed E-state index contributed by atoms with van der Waals surface area (Å²) >= 11 is 0. The van der Waals surface area contributed by atoms with Crippen molar-refractivity contribution in [3.63, 3.8) is 0 Å². The highest BCUT2D eigenvalue weighted by molar-refractivity contribution is 5.85. The molecule has 10 heavy (non-hydrogen) atoms.